The Labute approximate surface area is 273 Å². The number of aromatic nitrogens is 1. The monoisotopic (exact) mass is 695 g/mol. The van der Waals surface area contributed by atoms with Gasteiger partial charge in [-0.05, 0) is 108 Å². The van der Waals surface area contributed by atoms with E-state index in [0.717, 1.165) is 22.6 Å². The first-order valence-corrected chi connectivity index (χ1v) is 15.0. The fourth-order valence-electron chi connectivity index (χ4n) is 4.46. The topological polar surface area (TPSA) is 87.2 Å². The van der Waals surface area contributed by atoms with Gasteiger partial charge in [-0.15, -0.1) is 0 Å². The molecule has 0 aliphatic rings. The zero-order valence-corrected chi connectivity index (χ0v) is 27.2. The summed E-state index contributed by atoms with van der Waals surface area (Å²) in [6.07, 6.45) is 1.48. The van der Waals surface area contributed by atoms with Gasteiger partial charge in [0.1, 0.15) is 24.7 Å². The zero-order chi connectivity index (χ0) is 31.2. The van der Waals surface area contributed by atoms with Crippen LogP contribution in [0.2, 0.25) is 10.0 Å². The molecule has 0 bridgehead atoms. The molecule has 5 rings (SSSR count). The van der Waals surface area contributed by atoms with Gasteiger partial charge in [0.25, 0.3) is 0 Å². The van der Waals surface area contributed by atoms with Crippen LogP contribution in [-0.2, 0) is 13.2 Å². The number of ether oxygens (including phenoxy) is 3. The maximum Gasteiger partial charge on any atom is 0.307 e. The molecule has 0 saturated heterocycles. The van der Waals surface area contributed by atoms with Gasteiger partial charge in [0.05, 0.1) is 17.8 Å². The van der Waals surface area contributed by atoms with Crippen molar-refractivity contribution in [1.29, 1.82) is 0 Å². The number of aryl methyl sites for hydroxylation is 2. The van der Waals surface area contributed by atoms with Crippen LogP contribution in [0.25, 0.3) is 5.69 Å². The summed E-state index contributed by atoms with van der Waals surface area (Å²) in [4.78, 5) is 12.6. The van der Waals surface area contributed by atoms with Gasteiger partial charge < -0.3 is 23.2 Å². The van der Waals surface area contributed by atoms with Crippen molar-refractivity contribution >= 4 is 51.3 Å². The van der Waals surface area contributed by atoms with E-state index >= 15 is 0 Å². The number of carbonyl (C=O) groups is 1. The third-order valence-corrected chi connectivity index (χ3v) is 7.83. The van der Waals surface area contributed by atoms with E-state index in [1.54, 1.807) is 42.5 Å². The molecule has 0 fully saturated rings. The Morgan fingerprint density at radius 2 is 1.70 bits per heavy atom. The second-order valence-corrected chi connectivity index (χ2v) is 11.5. The van der Waals surface area contributed by atoms with Crippen LogP contribution >= 0.6 is 39.1 Å². The molecule has 226 valence electrons. The predicted molar refractivity (Wildman–Crippen MR) is 175 cm³/mol. The van der Waals surface area contributed by atoms with Crippen molar-refractivity contribution in [3.63, 3.8) is 0 Å². The lowest BCUT2D eigenvalue weighted by Gasteiger charge is -2.14. The minimum Gasteiger partial charge on any atom is -0.493 e. The van der Waals surface area contributed by atoms with E-state index < -0.39 is 5.91 Å². The highest BCUT2D eigenvalue weighted by molar-refractivity contribution is 9.10. The van der Waals surface area contributed by atoms with Crippen LogP contribution in [0.3, 0.4) is 0 Å². The van der Waals surface area contributed by atoms with Gasteiger partial charge in [-0.25, -0.2) is 5.43 Å². The van der Waals surface area contributed by atoms with Gasteiger partial charge in [0, 0.05) is 32.7 Å². The Balaban J connectivity index is 1.15. The van der Waals surface area contributed by atoms with Crippen LogP contribution in [-0.4, -0.2) is 23.8 Å². The Kier molecular flexibility index (Phi) is 9.99. The SMILES string of the molecule is COc1cc(/C=N/NC(=O)c2ccc(COc3ccc(-n4c(C)ccc4C)cc3)o2)cc(Br)c1OCc1ccc(Cl)cc1Cl. The van der Waals surface area contributed by atoms with E-state index in [9.17, 15) is 4.79 Å². The van der Waals surface area contributed by atoms with E-state index in [2.05, 4.69) is 57.0 Å². The highest BCUT2D eigenvalue weighted by atomic mass is 79.9. The third-order valence-electron chi connectivity index (χ3n) is 6.65. The van der Waals surface area contributed by atoms with Crippen LogP contribution < -0.4 is 19.6 Å². The molecule has 5 aromatic rings. The van der Waals surface area contributed by atoms with Crippen molar-refractivity contribution in [3.05, 3.63) is 127 Å². The second kappa shape index (κ2) is 14.1. The number of methoxy groups -OCH3 is 1. The van der Waals surface area contributed by atoms with Crippen LogP contribution in [0.1, 0.15) is 38.8 Å². The van der Waals surface area contributed by atoms with Crippen LogP contribution in [0.4, 0.5) is 0 Å². The molecule has 0 aliphatic heterocycles. The van der Waals surface area contributed by atoms with Crippen molar-refractivity contribution in [2.24, 2.45) is 5.10 Å². The molecule has 1 amide bonds. The van der Waals surface area contributed by atoms with E-state index in [1.165, 1.54) is 13.3 Å². The standard InChI is InChI=1S/C33H28BrCl2N3O5/c1-20-4-5-21(2)39(20)25-8-10-26(11-9-25)42-19-27-12-13-30(44-27)33(40)38-37-17-22-14-28(34)32(31(15-22)41-3)43-18-23-6-7-24(35)16-29(23)36/h4-17H,18-19H2,1-3H3,(H,38,40)/b37-17+. The van der Waals surface area contributed by atoms with Crippen molar-refractivity contribution in [2.75, 3.05) is 7.11 Å². The number of benzene rings is 3. The molecular formula is C33H28BrCl2N3O5. The number of hydrogen-bond acceptors (Lipinski definition) is 6. The molecule has 11 heteroatoms. The Morgan fingerprint density at radius 1 is 0.955 bits per heavy atom. The van der Waals surface area contributed by atoms with Gasteiger partial charge in [-0.3, -0.25) is 4.79 Å². The van der Waals surface area contributed by atoms with E-state index in [4.69, 9.17) is 41.8 Å². The second-order valence-electron chi connectivity index (χ2n) is 9.76. The summed E-state index contributed by atoms with van der Waals surface area (Å²) < 4.78 is 25.8. The molecular weight excluding hydrogens is 669 g/mol. The van der Waals surface area contributed by atoms with Gasteiger partial charge in [-0.1, -0.05) is 29.3 Å². The molecule has 0 atom stereocenters. The molecule has 1 N–H and O–H groups in total. The summed E-state index contributed by atoms with van der Waals surface area (Å²) in [6, 6.07) is 24.0. The highest BCUT2D eigenvalue weighted by Crippen LogP contribution is 2.37. The summed E-state index contributed by atoms with van der Waals surface area (Å²) in [7, 11) is 1.53. The summed E-state index contributed by atoms with van der Waals surface area (Å²) in [5.74, 6) is 1.77. The van der Waals surface area contributed by atoms with Crippen LogP contribution in [0.15, 0.2) is 92.9 Å². The van der Waals surface area contributed by atoms with Crippen LogP contribution in [0.5, 0.6) is 17.2 Å². The van der Waals surface area contributed by atoms with E-state index in [0.29, 0.717) is 43.1 Å². The smallest absolute Gasteiger partial charge is 0.307 e. The lowest BCUT2D eigenvalue weighted by molar-refractivity contribution is 0.0923. The molecule has 0 saturated carbocycles. The lowest BCUT2D eigenvalue weighted by atomic mass is 10.2. The number of carbonyl (C=O) groups excluding carboxylic acids is 1. The molecule has 0 aliphatic carbocycles. The first-order valence-electron chi connectivity index (χ1n) is 13.5. The average molecular weight is 697 g/mol. The molecule has 0 spiro atoms. The van der Waals surface area contributed by atoms with Crippen molar-refractivity contribution in [3.8, 4) is 22.9 Å². The molecule has 2 heterocycles. The van der Waals surface area contributed by atoms with Gasteiger partial charge >= 0.3 is 5.91 Å². The van der Waals surface area contributed by atoms with Crippen molar-refractivity contribution < 1.29 is 23.4 Å². The molecule has 0 unspecified atom stereocenters. The van der Waals surface area contributed by atoms with Crippen LogP contribution in [0, 0.1) is 13.8 Å². The summed E-state index contributed by atoms with van der Waals surface area (Å²) >= 11 is 15.8. The number of furan rings is 1. The minimum absolute atomic E-state index is 0.109. The number of nitrogens with zero attached hydrogens (tertiary/aromatic N) is 2. The van der Waals surface area contributed by atoms with E-state index in [1.807, 2.05) is 24.3 Å². The zero-order valence-electron chi connectivity index (χ0n) is 24.1. The van der Waals surface area contributed by atoms with Crippen molar-refractivity contribution in [2.45, 2.75) is 27.1 Å². The number of nitrogens with one attached hydrogen (secondary N) is 1. The quantitative estimate of drug-likeness (QED) is 0.110. The summed E-state index contributed by atoms with van der Waals surface area (Å²) in [5, 5.41) is 5.11. The fraction of sp³-hybridized carbons (Fsp3) is 0.152. The summed E-state index contributed by atoms with van der Waals surface area (Å²) in [6.45, 7) is 4.52. The summed E-state index contributed by atoms with van der Waals surface area (Å²) in [5.41, 5.74) is 7.29. The van der Waals surface area contributed by atoms with Gasteiger partial charge in [0.15, 0.2) is 17.3 Å². The fourth-order valence-corrected chi connectivity index (χ4v) is 5.50. The number of amides is 1. The molecule has 3 aromatic carbocycles. The number of hydrogen-bond donors (Lipinski definition) is 1. The Hall–Kier alpha value is -4.18. The molecule has 8 nitrogen and oxygen atoms in total. The number of rotatable bonds is 11. The maximum atomic E-state index is 12.6. The Bertz CT molecular complexity index is 1800. The first-order chi connectivity index (χ1) is 21.2. The average Bonchev–Trinajstić information content (AvgIpc) is 3.62. The largest absolute Gasteiger partial charge is 0.493 e. The predicted octanol–water partition coefficient (Wildman–Crippen LogP) is 8.69. The first kappa shape index (κ1) is 31.3. The molecule has 0 radical (unpaired) electrons. The molecule has 44 heavy (non-hydrogen) atoms. The minimum atomic E-state index is -0.500. The number of hydrazone groups is 1. The molecule has 2 aromatic heterocycles. The Morgan fingerprint density at radius 3 is 2.41 bits per heavy atom. The van der Waals surface area contributed by atoms with Crippen molar-refractivity contribution in [1.82, 2.24) is 9.99 Å². The van der Waals surface area contributed by atoms with Gasteiger partial charge in [0.2, 0.25) is 0 Å². The normalized spacial score (nSPS) is 11.1. The third kappa shape index (κ3) is 7.48. The van der Waals surface area contributed by atoms with Gasteiger partial charge in [-0.2, -0.15) is 5.10 Å². The van der Waals surface area contributed by atoms with E-state index in [-0.39, 0.29) is 19.0 Å². The maximum absolute atomic E-state index is 12.6. The highest BCUT2D eigenvalue weighted by Gasteiger charge is 2.14. The number of halogens is 3. The lowest BCUT2D eigenvalue weighted by Crippen LogP contribution is -2.16.